The summed E-state index contributed by atoms with van der Waals surface area (Å²) in [5.41, 5.74) is 7.40. The highest BCUT2D eigenvalue weighted by molar-refractivity contribution is 9.11. The molecule has 0 bridgehead atoms. The lowest BCUT2D eigenvalue weighted by Gasteiger charge is -2.18. The zero-order chi connectivity index (χ0) is 20.8. The number of nitrogens with one attached hydrogen (secondary N) is 3. The number of halogens is 2. The molecule has 3 N–H and O–H groups in total. The lowest BCUT2D eigenvalue weighted by molar-refractivity contribution is -0.128. The predicted octanol–water partition coefficient (Wildman–Crippen LogP) is 3.23. The highest BCUT2D eigenvalue weighted by Gasteiger charge is 2.25. The van der Waals surface area contributed by atoms with Crippen LogP contribution in [0.5, 0.6) is 0 Å². The predicted molar refractivity (Wildman–Crippen MR) is 115 cm³/mol. The van der Waals surface area contributed by atoms with Crippen molar-refractivity contribution < 1.29 is 14.0 Å². The average Bonchev–Trinajstić information content (AvgIpc) is 3.35. The number of nitrogens with zero attached hydrogens (tertiary/aromatic N) is 1. The minimum atomic E-state index is -0.243. The van der Waals surface area contributed by atoms with Gasteiger partial charge in [0.1, 0.15) is 5.82 Å². The van der Waals surface area contributed by atoms with E-state index in [0.29, 0.717) is 11.4 Å². The Morgan fingerprint density at radius 1 is 1.31 bits per heavy atom. The maximum absolute atomic E-state index is 13.4. The summed E-state index contributed by atoms with van der Waals surface area (Å²) in [6.07, 6.45) is 2.60. The molecule has 1 aromatic heterocycles. The fourth-order valence-corrected chi connectivity index (χ4v) is 4.57. The standard InChI is InChI=1S/C20H24BrFN4O2S/c1-26(19(27)12-23-20(28)17-7-8-18(21)29-17)9-3-6-15-11-16(25-24-15)13-4-2-5-14(22)10-13/h2,4-5,7-8,10,15-16,24-25H,3,6,9,11-12H2,1H3,(H,23,28). The quantitative estimate of drug-likeness (QED) is 0.539. The van der Waals surface area contributed by atoms with Crippen LogP contribution in [0.2, 0.25) is 0 Å². The maximum Gasteiger partial charge on any atom is 0.261 e. The van der Waals surface area contributed by atoms with Crippen LogP contribution in [-0.2, 0) is 4.79 Å². The molecular formula is C20H24BrFN4O2S. The van der Waals surface area contributed by atoms with E-state index in [4.69, 9.17) is 0 Å². The van der Waals surface area contributed by atoms with Crippen LogP contribution in [0.15, 0.2) is 40.2 Å². The van der Waals surface area contributed by atoms with E-state index >= 15 is 0 Å². The molecule has 0 aliphatic carbocycles. The Morgan fingerprint density at radius 3 is 2.86 bits per heavy atom. The Morgan fingerprint density at radius 2 is 2.14 bits per heavy atom. The second-order valence-corrected chi connectivity index (χ2v) is 9.54. The van der Waals surface area contributed by atoms with Crippen molar-refractivity contribution in [1.82, 2.24) is 21.1 Å². The topological polar surface area (TPSA) is 73.5 Å². The third-order valence-electron chi connectivity index (χ3n) is 4.90. The van der Waals surface area contributed by atoms with E-state index in [-0.39, 0.29) is 36.3 Å². The van der Waals surface area contributed by atoms with Crippen molar-refractivity contribution >= 4 is 39.1 Å². The first-order valence-electron chi connectivity index (χ1n) is 9.46. The lowest BCUT2D eigenvalue weighted by Crippen LogP contribution is -2.38. The van der Waals surface area contributed by atoms with Gasteiger partial charge in [-0.1, -0.05) is 12.1 Å². The number of hydrogen-bond acceptors (Lipinski definition) is 5. The van der Waals surface area contributed by atoms with Gasteiger partial charge in [-0.25, -0.2) is 4.39 Å². The number of hydrazine groups is 1. The number of carbonyl (C=O) groups excluding carboxylic acids is 2. The Bertz CT molecular complexity index is 863. The molecule has 1 aliphatic heterocycles. The number of hydrogen-bond donors (Lipinski definition) is 3. The largest absolute Gasteiger partial charge is 0.344 e. The van der Waals surface area contributed by atoms with E-state index in [1.807, 2.05) is 6.07 Å². The molecule has 3 rings (SSSR count). The number of carbonyl (C=O) groups is 2. The first-order valence-corrected chi connectivity index (χ1v) is 11.1. The molecule has 0 radical (unpaired) electrons. The van der Waals surface area contributed by atoms with Gasteiger partial charge in [0.2, 0.25) is 5.91 Å². The van der Waals surface area contributed by atoms with Gasteiger partial charge in [0, 0.05) is 25.7 Å². The van der Waals surface area contributed by atoms with Gasteiger partial charge in [-0.3, -0.25) is 20.4 Å². The van der Waals surface area contributed by atoms with Crippen molar-refractivity contribution in [3.05, 3.63) is 56.4 Å². The first-order chi connectivity index (χ1) is 13.9. The summed E-state index contributed by atoms with van der Waals surface area (Å²) in [6.45, 7) is 0.595. The van der Waals surface area contributed by atoms with Gasteiger partial charge >= 0.3 is 0 Å². The number of benzene rings is 1. The van der Waals surface area contributed by atoms with Crippen molar-refractivity contribution in [2.75, 3.05) is 20.1 Å². The van der Waals surface area contributed by atoms with Crippen molar-refractivity contribution in [3.63, 3.8) is 0 Å². The highest BCUT2D eigenvalue weighted by Crippen LogP contribution is 2.24. The fraction of sp³-hybridized carbons (Fsp3) is 0.400. The molecule has 0 saturated carbocycles. The summed E-state index contributed by atoms with van der Waals surface area (Å²) in [6, 6.07) is 10.5. The lowest BCUT2D eigenvalue weighted by atomic mass is 9.99. The molecular weight excluding hydrogens is 459 g/mol. The van der Waals surface area contributed by atoms with Crippen LogP contribution < -0.4 is 16.2 Å². The molecule has 2 unspecified atom stereocenters. The molecule has 9 heteroatoms. The third kappa shape index (κ3) is 6.33. The fourth-order valence-electron chi connectivity index (χ4n) is 3.27. The molecule has 1 aliphatic rings. The third-order valence-corrected chi connectivity index (χ3v) is 6.52. The summed E-state index contributed by atoms with van der Waals surface area (Å²) in [7, 11) is 1.74. The number of likely N-dealkylation sites (N-methyl/N-ethyl adjacent to an activating group) is 1. The van der Waals surface area contributed by atoms with Crippen molar-refractivity contribution in [3.8, 4) is 0 Å². The number of amides is 2. The van der Waals surface area contributed by atoms with E-state index < -0.39 is 0 Å². The number of rotatable bonds is 8. The van der Waals surface area contributed by atoms with Crippen LogP contribution in [0.3, 0.4) is 0 Å². The number of thiophene rings is 1. The minimum absolute atomic E-state index is 0.0181. The Balaban J connectivity index is 1.34. The van der Waals surface area contributed by atoms with Crippen LogP contribution in [0.25, 0.3) is 0 Å². The Hall–Kier alpha value is -1.81. The molecule has 156 valence electrons. The maximum atomic E-state index is 13.4. The minimum Gasteiger partial charge on any atom is -0.344 e. The molecule has 1 fully saturated rings. The van der Waals surface area contributed by atoms with Crippen LogP contribution in [-0.4, -0.2) is 42.9 Å². The van der Waals surface area contributed by atoms with E-state index in [9.17, 15) is 14.0 Å². The van der Waals surface area contributed by atoms with E-state index in [1.54, 1.807) is 36.2 Å². The van der Waals surface area contributed by atoms with Crippen molar-refractivity contribution in [2.45, 2.75) is 31.3 Å². The van der Waals surface area contributed by atoms with Gasteiger partial charge in [-0.15, -0.1) is 11.3 Å². The van der Waals surface area contributed by atoms with Gasteiger partial charge < -0.3 is 10.2 Å². The smallest absolute Gasteiger partial charge is 0.261 e. The molecule has 6 nitrogen and oxygen atoms in total. The first kappa shape index (κ1) is 21.9. The molecule has 29 heavy (non-hydrogen) atoms. The van der Waals surface area contributed by atoms with Crippen LogP contribution in [0.1, 0.15) is 40.5 Å². The van der Waals surface area contributed by atoms with Gasteiger partial charge in [-0.2, -0.15) is 0 Å². The van der Waals surface area contributed by atoms with E-state index in [2.05, 4.69) is 32.1 Å². The van der Waals surface area contributed by atoms with Crippen molar-refractivity contribution in [1.29, 1.82) is 0 Å². The van der Waals surface area contributed by atoms with Gasteiger partial charge in [-0.05, 0) is 65.0 Å². The zero-order valence-electron chi connectivity index (χ0n) is 16.1. The second-order valence-electron chi connectivity index (χ2n) is 7.07. The van der Waals surface area contributed by atoms with E-state index in [0.717, 1.165) is 28.6 Å². The van der Waals surface area contributed by atoms with Gasteiger partial charge in [0.15, 0.2) is 0 Å². The van der Waals surface area contributed by atoms with Crippen LogP contribution in [0.4, 0.5) is 4.39 Å². The molecule has 2 aromatic rings. The molecule has 2 heterocycles. The average molecular weight is 483 g/mol. The molecule has 2 amide bonds. The van der Waals surface area contributed by atoms with Gasteiger partial charge in [0.05, 0.1) is 15.2 Å². The second kappa shape index (κ2) is 10.3. The summed E-state index contributed by atoms with van der Waals surface area (Å²) in [4.78, 5) is 26.4. The zero-order valence-corrected chi connectivity index (χ0v) is 18.5. The molecule has 1 saturated heterocycles. The molecule has 2 atom stereocenters. The Labute approximate surface area is 182 Å². The van der Waals surface area contributed by atoms with E-state index in [1.165, 1.54) is 17.4 Å². The summed E-state index contributed by atoms with van der Waals surface area (Å²) in [5, 5.41) is 2.66. The Kier molecular flexibility index (Phi) is 7.77. The highest BCUT2D eigenvalue weighted by atomic mass is 79.9. The van der Waals surface area contributed by atoms with Crippen LogP contribution in [0, 0.1) is 5.82 Å². The normalized spacial score (nSPS) is 18.6. The monoisotopic (exact) mass is 482 g/mol. The molecule has 1 aromatic carbocycles. The van der Waals surface area contributed by atoms with Crippen molar-refractivity contribution in [2.24, 2.45) is 0 Å². The SMILES string of the molecule is CN(CCCC1CC(c2cccc(F)c2)NN1)C(=O)CNC(=O)c1ccc(Br)s1. The summed E-state index contributed by atoms with van der Waals surface area (Å²) < 4.78 is 14.3. The summed E-state index contributed by atoms with van der Waals surface area (Å²) >= 11 is 4.65. The van der Waals surface area contributed by atoms with Crippen LogP contribution >= 0.6 is 27.3 Å². The van der Waals surface area contributed by atoms with Gasteiger partial charge in [0.25, 0.3) is 5.91 Å². The summed E-state index contributed by atoms with van der Waals surface area (Å²) in [5.74, 6) is -0.595. The molecule has 0 spiro atoms.